The van der Waals surface area contributed by atoms with Gasteiger partial charge in [-0.15, -0.1) is 0 Å². The van der Waals surface area contributed by atoms with Crippen molar-refractivity contribution < 1.29 is 13.5 Å². The molecule has 0 radical (unpaired) electrons. The Balaban J connectivity index is 1.84. The molecule has 1 atom stereocenters. The third-order valence-electron chi connectivity index (χ3n) is 3.90. The molecule has 1 saturated carbocycles. The van der Waals surface area contributed by atoms with E-state index in [0.717, 1.165) is 25.7 Å². The monoisotopic (exact) mass is 276 g/mol. The summed E-state index contributed by atoms with van der Waals surface area (Å²) in [6, 6.07) is 0.394. The van der Waals surface area contributed by atoms with Crippen LogP contribution in [0.5, 0.6) is 0 Å². The van der Waals surface area contributed by atoms with E-state index < -0.39 is 10.0 Å². The molecule has 0 aromatic carbocycles. The summed E-state index contributed by atoms with van der Waals surface area (Å²) in [5, 5.41) is 9.27. The predicted octanol–water partition coefficient (Wildman–Crippen LogP) is 0.256. The average molecular weight is 276 g/mol. The zero-order valence-electron chi connectivity index (χ0n) is 11.2. The zero-order chi connectivity index (χ0) is 13.3. The van der Waals surface area contributed by atoms with Crippen LogP contribution in [0.3, 0.4) is 0 Å². The number of hydrogen-bond acceptors (Lipinski definition) is 4. The molecule has 0 aromatic rings. The van der Waals surface area contributed by atoms with Gasteiger partial charge in [0, 0.05) is 25.7 Å². The fourth-order valence-electron chi connectivity index (χ4n) is 2.68. The molecule has 1 aliphatic carbocycles. The van der Waals surface area contributed by atoms with Crippen molar-refractivity contribution in [3.05, 3.63) is 0 Å². The van der Waals surface area contributed by atoms with Gasteiger partial charge in [0.2, 0.25) is 10.0 Å². The fourth-order valence-corrected chi connectivity index (χ4v) is 4.55. The van der Waals surface area contributed by atoms with Crippen LogP contribution in [0.25, 0.3) is 0 Å². The Hall–Kier alpha value is -0.170. The first-order valence-corrected chi connectivity index (χ1v) is 8.29. The number of aliphatic hydroxyl groups excluding tert-OH is 1. The summed E-state index contributed by atoms with van der Waals surface area (Å²) in [5.74, 6) is 0. The lowest BCUT2D eigenvalue weighted by atomic mass is 10.1. The third-order valence-corrected chi connectivity index (χ3v) is 6.30. The smallest absolute Gasteiger partial charge is 0.216 e. The van der Waals surface area contributed by atoms with Gasteiger partial charge in [0.05, 0.1) is 11.4 Å². The highest BCUT2D eigenvalue weighted by Gasteiger charge is 2.41. The van der Waals surface area contributed by atoms with Gasteiger partial charge in [0.25, 0.3) is 0 Å². The number of piperidine rings is 1. The van der Waals surface area contributed by atoms with Gasteiger partial charge < -0.3 is 10.0 Å². The second kappa shape index (κ2) is 5.45. The van der Waals surface area contributed by atoms with Gasteiger partial charge in [-0.1, -0.05) is 0 Å². The fraction of sp³-hybridized carbons (Fsp3) is 1.00. The Morgan fingerprint density at radius 2 is 1.83 bits per heavy atom. The highest BCUT2D eigenvalue weighted by atomic mass is 32.2. The lowest BCUT2D eigenvalue weighted by molar-refractivity contribution is 0.0960. The Morgan fingerprint density at radius 1 is 1.28 bits per heavy atom. The van der Waals surface area contributed by atoms with Crippen LogP contribution in [-0.4, -0.2) is 66.8 Å². The Kier molecular flexibility index (Phi) is 4.31. The Bertz CT molecular complexity index is 371. The molecule has 0 amide bonds. The van der Waals surface area contributed by atoms with Crippen molar-refractivity contribution in [2.24, 2.45) is 0 Å². The molecule has 1 heterocycles. The minimum Gasteiger partial charge on any atom is -0.392 e. The number of sulfonamides is 1. The van der Waals surface area contributed by atoms with Crippen molar-refractivity contribution in [1.29, 1.82) is 0 Å². The molecule has 0 spiro atoms. The lowest BCUT2D eigenvalue weighted by Gasteiger charge is -2.36. The van der Waals surface area contributed by atoms with Gasteiger partial charge in [-0.3, -0.25) is 0 Å². The summed E-state index contributed by atoms with van der Waals surface area (Å²) in [4.78, 5) is 2.14. The molecule has 2 fully saturated rings. The van der Waals surface area contributed by atoms with E-state index >= 15 is 0 Å². The molecule has 106 valence electrons. The average Bonchev–Trinajstić information content (AvgIpc) is 3.12. The van der Waals surface area contributed by atoms with Gasteiger partial charge in [-0.05, 0) is 39.7 Å². The second-order valence-corrected chi connectivity index (χ2v) is 7.88. The topological polar surface area (TPSA) is 60.9 Å². The molecule has 6 heteroatoms. The molecule has 1 unspecified atom stereocenters. The molecular formula is C12H24N2O3S. The largest absolute Gasteiger partial charge is 0.392 e. The quantitative estimate of drug-likeness (QED) is 0.782. The van der Waals surface area contributed by atoms with Gasteiger partial charge in [-0.25, -0.2) is 12.7 Å². The van der Waals surface area contributed by atoms with Crippen LogP contribution in [0.4, 0.5) is 0 Å². The van der Waals surface area contributed by atoms with E-state index in [1.807, 2.05) is 7.05 Å². The zero-order valence-corrected chi connectivity index (χ0v) is 12.1. The van der Waals surface area contributed by atoms with Crippen molar-refractivity contribution >= 4 is 10.0 Å². The highest BCUT2D eigenvalue weighted by molar-refractivity contribution is 7.90. The molecule has 0 bridgehead atoms. The van der Waals surface area contributed by atoms with Gasteiger partial charge >= 0.3 is 0 Å². The maximum Gasteiger partial charge on any atom is 0.216 e. The van der Waals surface area contributed by atoms with Crippen LogP contribution in [0.1, 0.15) is 32.6 Å². The maximum atomic E-state index is 12.1. The molecule has 5 nitrogen and oxygen atoms in total. The Morgan fingerprint density at radius 3 is 2.28 bits per heavy atom. The third kappa shape index (κ3) is 3.23. The summed E-state index contributed by atoms with van der Waals surface area (Å²) >= 11 is 0. The summed E-state index contributed by atoms with van der Waals surface area (Å²) in [6.45, 7) is 3.70. The molecule has 2 aliphatic rings. The summed E-state index contributed by atoms with van der Waals surface area (Å²) in [7, 11) is -0.993. The second-order valence-electron chi connectivity index (χ2n) is 5.66. The predicted molar refractivity (Wildman–Crippen MR) is 70.8 cm³/mol. The van der Waals surface area contributed by atoms with Crippen LogP contribution < -0.4 is 0 Å². The van der Waals surface area contributed by atoms with Gasteiger partial charge in [0.1, 0.15) is 0 Å². The van der Waals surface area contributed by atoms with Crippen molar-refractivity contribution in [3.8, 4) is 0 Å². The van der Waals surface area contributed by atoms with Crippen LogP contribution in [-0.2, 0) is 10.0 Å². The van der Waals surface area contributed by atoms with E-state index in [2.05, 4.69) is 4.90 Å². The van der Waals surface area contributed by atoms with Crippen LogP contribution in [0, 0.1) is 0 Å². The van der Waals surface area contributed by atoms with Crippen molar-refractivity contribution in [1.82, 2.24) is 9.21 Å². The normalized spacial score (nSPS) is 25.6. The van der Waals surface area contributed by atoms with E-state index in [0.29, 0.717) is 25.7 Å². The standard InChI is InChI=1S/C12H24N2O3S/c1-10(15)9-13(2)11-5-7-14(8-6-11)18(16,17)12-3-4-12/h10-12,15H,3-9H2,1-2H3. The maximum absolute atomic E-state index is 12.1. The minimum absolute atomic E-state index is 0.0933. The molecule has 1 saturated heterocycles. The first-order valence-electron chi connectivity index (χ1n) is 6.78. The molecule has 0 aromatic heterocycles. The summed E-state index contributed by atoms with van der Waals surface area (Å²) in [5.41, 5.74) is 0. The van der Waals surface area contributed by atoms with Gasteiger partial charge in [0.15, 0.2) is 0 Å². The first-order chi connectivity index (χ1) is 8.41. The van der Waals surface area contributed by atoms with Crippen molar-refractivity contribution in [2.75, 3.05) is 26.7 Å². The van der Waals surface area contributed by atoms with E-state index in [-0.39, 0.29) is 11.4 Å². The van der Waals surface area contributed by atoms with E-state index in [1.54, 1.807) is 11.2 Å². The molecule has 2 rings (SSSR count). The highest BCUT2D eigenvalue weighted by Crippen LogP contribution is 2.32. The lowest BCUT2D eigenvalue weighted by Crippen LogP contribution is -2.47. The number of hydrogen-bond donors (Lipinski definition) is 1. The number of nitrogens with zero attached hydrogens (tertiary/aromatic N) is 2. The van der Waals surface area contributed by atoms with Crippen LogP contribution in [0.15, 0.2) is 0 Å². The summed E-state index contributed by atoms with van der Waals surface area (Å²) in [6.07, 6.45) is 3.09. The first kappa shape index (κ1) is 14.2. The van der Waals surface area contributed by atoms with E-state index in [9.17, 15) is 13.5 Å². The molecule has 1 N–H and O–H groups in total. The minimum atomic E-state index is -3.00. The molecule has 1 aliphatic heterocycles. The van der Waals surface area contributed by atoms with Crippen LogP contribution >= 0.6 is 0 Å². The van der Waals surface area contributed by atoms with Crippen LogP contribution in [0.2, 0.25) is 0 Å². The Labute approximate surface area is 110 Å². The summed E-state index contributed by atoms with van der Waals surface area (Å²) < 4.78 is 25.8. The number of aliphatic hydroxyl groups is 1. The van der Waals surface area contributed by atoms with E-state index in [4.69, 9.17) is 0 Å². The molecular weight excluding hydrogens is 252 g/mol. The SMILES string of the molecule is CC(O)CN(C)C1CCN(S(=O)(=O)C2CC2)CC1. The molecule has 18 heavy (non-hydrogen) atoms. The van der Waals surface area contributed by atoms with Crippen molar-refractivity contribution in [2.45, 2.75) is 50.0 Å². The van der Waals surface area contributed by atoms with Gasteiger partial charge in [-0.2, -0.15) is 0 Å². The number of rotatable bonds is 5. The number of likely N-dealkylation sites (N-methyl/N-ethyl adjacent to an activating group) is 1. The van der Waals surface area contributed by atoms with E-state index in [1.165, 1.54) is 0 Å². The van der Waals surface area contributed by atoms with Crippen molar-refractivity contribution in [3.63, 3.8) is 0 Å².